The molecule has 0 aliphatic carbocycles. The van der Waals surface area contributed by atoms with Crippen molar-refractivity contribution in [2.24, 2.45) is 11.8 Å². The van der Waals surface area contributed by atoms with E-state index in [1.165, 1.54) is 0 Å². The molecule has 3 nitrogen and oxygen atoms in total. The van der Waals surface area contributed by atoms with Gasteiger partial charge in [0.15, 0.2) is 0 Å². The monoisotopic (exact) mass is 214 g/mol. The molecule has 2 atom stereocenters. The maximum atomic E-state index is 11.5. The first kappa shape index (κ1) is 14.1. The molecule has 0 aliphatic rings. The number of rotatable bonds is 5. The Morgan fingerprint density at radius 2 is 1.93 bits per heavy atom. The van der Waals surface area contributed by atoms with Crippen LogP contribution < -0.4 is 0 Å². The van der Waals surface area contributed by atoms with Crippen LogP contribution in [0.15, 0.2) is 0 Å². The smallest absolute Gasteiger partial charge is 0.307 e. The maximum absolute atomic E-state index is 11.5. The van der Waals surface area contributed by atoms with E-state index in [4.69, 9.17) is 4.74 Å². The minimum atomic E-state index is -0.472. The van der Waals surface area contributed by atoms with Crippen molar-refractivity contribution in [1.82, 2.24) is 0 Å². The molecule has 0 N–H and O–H groups in total. The van der Waals surface area contributed by atoms with E-state index in [1.54, 1.807) is 0 Å². The lowest BCUT2D eigenvalue weighted by Crippen LogP contribution is -2.27. The van der Waals surface area contributed by atoms with Gasteiger partial charge in [0.1, 0.15) is 11.9 Å². The van der Waals surface area contributed by atoms with Crippen LogP contribution in [-0.4, -0.2) is 17.9 Å². The normalized spacial score (nSPS) is 15.5. The number of hydrogen-bond acceptors (Lipinski definition) is 3. The second-order valence-corrected chi connectivity index (χ2v) is 4.98. The van der Waals surface area contributed by atoms with Crippen LogP contribution >= 0.6 is 0 Å². The van der Waals surface area contributed by atoms with Crippen LogP contribution in [0.3, 0.4) is 0 Å². The van der Waals surface area contributed by atoms with Crippen molar-refractivity contribution in [3.8, 4) is 0 Å². The van der Waals surface area contributed by atoms with E-state index in [0.29, 0.717) is 0 Å². The van der Waals surface area contributed by atoms with Gasteiger partial charge in [-0.2, -0.15) is 0 Å². The summed E-state index contributed by atoms with van der Waals surface area (Å²) in [5.74, 6) is -0.278. The van der Waals surface area contributed by atoms with Crippen molar-refractivity contribution in [3.63, 3.8) is 0 Å². The summed E-state index contributed by atoms with van der Waals surface area (Å²) in [6.07, 6.45) is 1.94. The largest absolute Gasteiger partial charge is 0.460 e. The molecule has 0 aromatic rings. The lowest BCUT2D eigenvalue weighted by Gasteiger charge is -2.22. The van der Waals surface area contributed by atoms with Gasteiger partial charge >= 0.3 is 5.97 Å². The Balaban J connectivity index is 4.19. The highest BCUT2D eigenvalue weighted by Gasteiger charge is 2.23. The Labute approximate surface area is 92.2 Å². The number of ether oxygens (including phenoxy) is 1. The molecule has 0 heterocycles. The molecule has 0 rings (SSSR count). The highest BCUT2D eigenvalue weighted by Crippen LogP contribution is 2.19. The molecule has 0 unspecified atom stereocenters. The quantitative estimate of drug-likeness (QED) is 0.522. The fraction of sp³-hybridized carbons (Fsp3) is 0.833. The lowest BCUT2D eigenvalue weighted by molar-refractivity contribution is -0.157. The average Bonchev–Trinajstić information content (AvgIpc) is 2.10. The summed E-state index contributed by atoms with van der Waals surface area (Å²) >= 11 is 0. The van der Waals surface area contributed by atoms with Gasteiger partial charge in [-0.25, -0.2) is 0 Å². The van der Waals surface area contributed by atoms with Gasteiger partial charge in [0.25, 0.3) is 0 Å². The Kier molecular flexibility index (Phi) is 5.55. The summed E-state index contributed by atoms with van der Waals surface area (Å²) in [6, 6.07) is 0. The van der Waals surface area contributed by atoms with E-state index in [-0.39, 0.29) is 24.2 Å². The summed E-state index contributed by atoms with van der Waals surface area (Å²) in [6.45, 7) is 9.46. The molecule has 0 fully saturated rings. The first-order valence-electron chi connectivity index (χ1n) is 5.47. The second-order valence-electron chi connectivity index (χ2n) is 4.98. The third-order valence-electron chi connectivity index (χ3n) is 2.37. The predicted octanol–water partition coefficient (Wildman–Crippen LogP) is 2.58. The maximum Gasteiger partial charge on any atom is 0.307 e. The van der Waals surface area contributed by atoms with E-state index in [9.17, 15) is 9.59 Å². The zero-order valence-electron chi connectivity index (χ0n) is 10.4. The number of aldehydes is 1. The van der Waals surface area contributed by atoms with Gasteiger partial charge in [-0.15, -0.1) is 0 Å². The molecule has 0 spiro atoms. The van der Waals surface area contributed by atoms with E-state index >= 15 is 0 Å². The molecule has 3 heteroatoms. The molecule has 0 aromatic heterocycles. The Morgan fingerprint density at radius 1 is 1.40 bits per heavy atom. The highest BCUT2D eigenvalue weighted by molar-refractivity contribution is 5.74. The van der Waals surface area contributed by atoms with Crippen molar-refractivity contribution in [2.75, 3.05) is 0 Å². The summed E-state index contributed by atoms with van der Waals surface area (Å²) in [4.78, 5) is 22.3. The van der Waals surface area contributed by atoms with Crippen molar-refractivity contribution in [2.45, 2.75) is 53.1 Å². The van der Waals surface area contributed by atoms with Crippen molar-refractivity contribution in [3.05, 3.63) is 0 Å². The zero-order valence-corrected chi connectivity index (χ0v) is 10.4. The fourth-order valence-electron chi connectivity index (χ4n) is 1.26. The molecule has 0 saturated carbocycles. The van der Waals surface area contributed by atoms with Gasteiger partial charge in [-0.1, -0.05) is 20.3 Å². The summed E-state index contributed by atoms with van der Waals surface area (Å²) < 4.78 is 5.17. The first-order chi connectivity index (χ1) is 6.80. The van der Waals surface area contributed by atoms with Crippen LogP contribution in [0.2, 0.25) is 0 Å². The van der Waals surface area contributed by atoms with E-state index < -0.39 is 5.60 Å². The van der Waals surface area contributed by atoms with Crippen LogP contribution in [0.1, 0.15) is 47.5 Å². The van der Waals surface area contributed by atoms with Crippen LogP contribution in [0.5, 0.6) is 0 Å². The van der Waals surface area contributed by atoms with Crippen LogP contribution in [0, 0.1) is 11.8 Å². The first-order valence-corrected chi connectivity index (χ1v) is 5.47. The lowest BCUT2D eigenvalue weighted by atomic mass is 9.90. The highest BCUT2D eigenvalue weighted by atomic mass is 16.6. The second kappa shape index (κ2) is 5.89. The Morgan fingerprint density at radius 3 is 2.27 bits per heavy atom. The number of carbonyl (C=O) groups is 2. The third-order valence-corrected chi connectivity index (χ3v) is 2.37. The molecule has 88 valence electrons. The summed E-state index contributed by atoms with van der Waals surface area (Å²) in [7, 11) is 0. The van der Waals surface area contributed by atoms with Gasteiger partial charge in [-0.05, 0) is 26.7 Å². The average molecular weight is 214 g/mol. The molecular weight excluding hydrogens is 192 g/mol. The molecule has 15 heavy (non-hydrogen) atoms. The molecular formula is C12H22O3. The topological polar surface area (TPSA) is 43.4 Å². The van der Waals surface area contributed by atoms with E-state index in [1.807, 2.05) is 34.6 Å². The number of esters is 1. The summed E-state index contributed by atoms with van der Waals surface area (Å²) in [5, 5.41) is 0. The standard InChI is InChI=1S/C12H22O3/c1-6-9(2)10(8-13)7-11(14)15-12(3,4)5/h8-10H,6-7H2,1-5H3/t9-,10+/m0/s1. The van der Waals surface area contributed by atoms with Gasteiger partial charge in [-0.3, -0.25) is 4.79 Å². The molecule has 0 amide bonds. The van der Waals surface area contributed by atoms with Crippen LogP contribution in [0.25, 0.3) is 0 Å². The Hall–Kier alpha value is -0.860. The van der Waals surface area contributed by atoms with E-state index in [0.717, 1.165) is 12.7 Å². The van der Waals surface area contributed by atoms with Gasteiger partial charge in [0.2, 0.25) is 0 Å². The zero-order chi connectivity index (χ0) is 12.1. The number of hydrogen-bond donors (Lipinski definition) is 0. The predicted molar refractivity (Wildman–Crippen MR) is 59.5 cm³/mol. The summed E-state index contributed by atoms with van der Waals surface area (Å²) in [5.41, 5.74) is -0.472. The van der Waals surface area contributed by atoms with Gasteiger partial charge in [0.05, 0.1) is 6.42 Å². The van der Waals surface area contributed by atoms with Gasteiger partial charge in [0, 0.05) is 5.92 Å². The van der Waals surface area contributed by atoms with Crippen molar-refractivity contribution in [1.29, 1.82) is 0 Å². The van der Waals surface area contributed by atoms with Crippen molar-refractivity contribution < 1.29 is 14.3 Å². The molecule has 0 aliphatic heterocycles. The molecule has 0 radical (unpaired) electrons. The third kappa shape index (κ3) is 6.26. The minimum absolute atomic E-state index is 0.190. The van der Waals surface area contributed by atoms with Crippen LogP contribution in [-0.2, 0) is 14.3 Å². The number of carbonyl (C=O) groups excluding carboxylic acids is 2. The molecule has 0 bridgehead atoms. The minimum Gasteiger partial charge on any atom is -0.460 e. The van der Waals surface area contributed by atoms with Crippen LogP contribution in [0.4, 0.5) is 0 Å². The SMILES string of the molecule is CC[C@H](C)[C@@H](C=O)CC(=O)OC(C)(C)C. The Bertz CT molecular complexity index is 215. The van der Waals surface area contributed by atoms with E-state index in [2.05, 4.69) is 0 Å². The fourth-order valence-corrected chi connectivity index (χ4v) is 1.26. The molecule has 0 saturated heterocycles. The molecule has 0 aromatic carbocycles. The van der Waals surface area contributed by atoms with Crippen molar-refractivity contribution >= 4 is 12.3 Å². The van der Waals surface area contributed by atoms with Gasteiger partial charge < -0.3 is 9.53 Å².